The van der Waals surface area contributed by atoms with Crippen LogP contribution in [0.25, 0.3) is 0 Å². The van der Waals surface area contributed by atoms with Gasteiger partial charge in [-0.25, -0.2) is 4.79 Å². The smallest absolute Gasteiger partial charge is 0.339 e. The number of hydrogen-bond donors (Lipinski definition) is 7. The summed E-state index contributed by atoms with van der Waals surface area (Å²) in [6.45, 7) is 0.813. The second kappa shape index (κ2) is 8.06. The minimum Gasteiger partial charge on any atom is -0.471 e. The fraction of sp³-hybridized carbons (Fsp3) is 0.824. The van der Waals surface area contributed by atoms with Crippen LogP contribution in [0.5, 0.6) is 0 Å². The van der Waals surface area contributed by atoms with Crippen LogP contribution in [0.4, 0.5) is 0 Å². The van der Waals surface area contributed by atoms with Gasteiger partial charge in [-0.1, -0.05) is 6.92 Å². The lowest BCUT2D eigenvalue weighted by atomic mass is 9.78. The van der Waals surface area contributed by atoms with Gasteiger partial charge in [0.25, 0.3) is 0 Å². The zero-order valence-electron chi connectivity index (χ0n) is 15.7. The molecule has 1 saturated carbocycles. The van der Waals surface area contributed by atoms with Crippen molar-refractivity contribution in [2.45, 2.75) is 61.7 Å². The number of fused-ring (bicyclic) bond motifs is 1. The standard InChI is InChI=1S/C17H26O12/c1-5-8-15(29-16-12(22)11(21)10(20)7(3-18)28-16)27-4-6(14(24)26-2)17(8,25)13(23)9(5)19/h4-5,7-13,15-16,18-23,25H,3H2,1-2H3/t5-,7+,8-,9+,10+,11-,12-,13+,15-,16-,17-/m0/s1. The van der Waals surface area contributed by atoms with Gasteiger partial charge < -0.3 is 54.7 Å². The minimum absolute atomic E-state index is 0.422. The molecule has 0 unspecified atom stereocenters. The maximum Gasteiger partial charge on any atom is 0.339 e. The Bertz CT molecular complexity index is 652. The molecular weight excluding hydrogens is 396 g/mol. The predicted molar refractivity (Wildman–Crippen MR) is 89.4 cm³/mol. The summed E-state index contributed by atoms with van der Waals surface area (Å²) in [7, 11) is 1.07. The first-order valence-corrected chi connectivity index (χ1v) is 9.08. The van der Waals surface area contributed by atoms with Crippen LogP contribution in [-0.4, -0.2) is 110 Å². The average Bonchev–Trinajstić information content (AvgIpc) is 2.88. The Hall–Kier alpha value is -1.35. The summed E-state index contributed by atoms with van der Waals surface area (Å²) in [5, 5.41) is 71.1. The number of ether oxygens (including phenoxy) is 4. The summed E-state index contributed by atoms with van der Waals surface area (Å²) in [4.78, 5) is 12.1. The van der Waals surface area contributed by atoms with Crippen LogP contribution >= 0.6 is 0 Å². The van der Waals surface area contributed by atoms with Crippen molar-refractivity contribution < 1.29 is 59.5 Å². The molecule has 3 rings (SSSR count). The van der Waals surface area contributed by atoms with Crippen molar-refractivity contribution in [3.63, 3.8) is 0 Å². The van der Waals surface area contributed by atoms with E-state index in [-0.39, 0.29) is 0 Å². The molecule has 12 nitrogen and oxygen atoms in total. The number of esters is 1. The molecule has 0 aromatic carbocycles. The van der Waals surface area contributed by atoms with Crippen molar-refractivity contribution >= 4 is 5.97 Å². The van der Waals surface area contributed by atoms with Crippen LogP contribution < -0.4 is 0 Å². The number of aliphatic hydroxyl groups is 7. The highest BCUT2D eigenvalue weighted by atomic mass is 16.8. The minimum atomic E-state index is -2.29. The molecular formula is C17H26O12. The molecule has 7 N–H and O–H groups in total. The van der Waals surface area contributed by atoms with Gasteiger partial charge in [-0.3, -0.25) is 0 Å². The van der Waals surface area contributed by atoms with Crippen molar-refractivity contribution in [2.75, 3.05) is 13.7 Å². The molecule has 0 bridgehead atoms. The maximum absolute atomic E-state index is 12.1. The summed E-state index contributed by atoms with van der Waals surface area (Å²) in [6, 6.07) is 0. The first kappa shape index (κ1) is 22.3. The molecule has 0 aromatic heterocycles. The Morgan fingerprint density at radius 2 is 1.76 bits per heavy atom. The normalized spacial score (nSPS) is 49.8. The second-order valence-electron chi connectivity index (χ2n) is 7.51. The van der Waals surface area contributed by atoms with Gasteiger partial charge in [0.15, 0.2) is 6.29 Å². The monoisotopic (exact) mass is 422 g/mol. The molecule has 29 heavy (non-hydrogen) atoms. The van der Waals surface area contributed by atoms with Crippen LogP contribution in [0.1, 0.15) is 6.92 Å². The van der Waals surface area contributed by atoms with E-state index >= 15 is 0 Å². The molecule has 166 valence electrons. The Balaban J connectivity index is 1.91. The molecule has 1 saturated heterocycles. The van der Waals surface area contributed by atoms with E-state index in [9.17, 15) is 40.5 Å². The van der Waals surface area contributed by atoms with Crippen molar-refractivity contribution in [1.29, 1.82) is 0 Å². The average molecular weight is 422 g/mol. The van der Waals surface area contributed by atoms with Crippen LogP contribution in [-0.2, 0) is 23.7 Å². The first-order valence-electron chi connectivity index (χ1n) is 9.08. The van der Waals surface area contributed by atoms with Crippen molar-refractivity contribution in [3.05, 3.63) is 11.8 Å². The predicted octanol–water partition coefficient (Wildman–Crippen LogP) is -4.07. The molecule has 0 spiro atoms. The van der Waals surface area contributed by atoms with Crippen molar-refractivity contribution in [1.82, 2.24) is 0 Å². The lowest BCUT2D eigenvalue weighted by Gasteiger charge is -2.45. The highest BCUT2D eigenvalue weighted by molar-refractivity contribution is 5.91. The Labute approximate surface area is 165 Å². The summed E-state index contributed by atoms with van der Waals surface area (Å²) in [5.41, 5.74) is -2.71. The number of hydrogen-bond acceptors (Lipinski definition) is 12. The Morgan fingerprint density at radius 1 is 1.10 bits per heavy atom. The van der Waals surface area contributed by atoms with E-state index in [0.717, 1.165) is 13.4 Å². The van der Waals surface area contributed by atoms with Gasteiger partial charge in [-0.05, 0) is 5.92 Å². The van der Waals surface area contributed by atoms with Gasteiger partial charge in [-0.2, -0.15) is 0 Å². The maximum atomic E-state index is 12.1. The fourth-order valence-electron chi connectivity index (χ4n) is 4.22. The number of carbonyl (C=O) groups is 1. The first-order chi connectivity index (χ1) is 13.6. The third-order valence-corrected chi connectivity index (χ3v) is 5.95. The fourth-order valence-corrected chi connectivity index (χ4v) is 4.22. The van der Waals surface area contributed by atoms with E-state index in [4.69, 9.17) is 14.2 Å². The quantitative estimate of drug-likeness (QED) is 0.217. The van der Waals surface area contributed by atoms with E-state index in [1.165, 1.54) is 6.92 Å². The molecule has 2 heterocycles. The summed E-state index contributed by atoms with van der Waals surface area (Å²) in [6.07, 6.45) is -11.7. The van der Waals surface area contributed by atoms with Gasteiger partial charge in [0, 0.05) is 0 Å². The summed E-state index contributed by atoms with van der Waals surface area (Å²) in [5.74, 6) is -3.01. The largest absolute Gasteiger partial charge is 0.471 e. The molecule has 0 amide bonds. The highest BCUT2D eigenvalue weighted by Crippen LogP contribution is 2.50. The van der Waals surface area contributed by atoms with Crippen LogP contribution in [0.15, 0.2) is 11.8 Å². The van der Waals surface area contributed by atoms with Gasteiger partial charge in [0.05, 0.1) is 25.7 Å². The zero-order chi connectivity index (χ0) is 21.7. The number of aliphatic hydroxyl groups excluding tert-OH is 6. The molecule has 11 atom stereocenters. The van der Waals surface area contributed by atoms with Gasteiger partial charge >= 0.3 is 5.97 Å². The number of methoxy groups -OCH3 is 1. The Kier molecular flexibility index (Phi) is 6.21. The topological polar surface area (TPSA) is 196 Å². The lowest BCUT2D eigenvalue weighted by molar-refractivity contribution is -0.347. The molecule has 2 aliphatic heterocycles. The second-order valence-corrected chi connectivity index (χ2v) is 7.51. The van der Waals surface area contributed by atoms with E-state index in [0.29, 0.717) is 0 Å². The third kappa shape index (κ3) is 3.34. The van der Waals surface area contributed by atoms with Crippen molar-refractivity contribution in [2.24, 2.45) is 11.8 Å². The molecule has 2 fully saturated rings. The summed E-state index contributed by atoms with van der Waals surface area (Å²) >= 11 is 0. The van der Waals surface area contributed by atoms with E-state index in [2.05, 4.69) is 4.74 Å². The molecule has 0 aromatic rings. The van der Waals surface area contributed by atoms with Crippen LogP contribution in [0.3, 0.4) is 0 Å². The van der Waals surface area contributed by atoms with Crippen LogP contribution in [0, 0.1) is 11.8 Å². The van der Waals surface area contributed by atoms with E-state index in [1.54, 1.807) is 0 Å². The van der Waals surface area contributed by atoms with Gasteiger partial charge in [-0.15, -0.1) is 0 Å². The zero-order valence-corrected chi connectivity index (χ0v) is 15.7. The SMILES string of the molecule is COC(=O)C1=CO[C@@H](O[C@@H]2O[C@H](CO)[C@@H](O)[C@H](O)[C@@H]2O)[C@@H]2[C@H](C)[C@@H](O)[C@@H](O)[C@]12O. The Morgan fingerprint density at radius 3 is 2.34 bits per heavy atom. The molecule has 3 aliphatic rings. The van der Waals surface area contributed by atoms with Gasteiger partial charge in [0.1, 0.15) is 48.0 Å². The molecule has 12 heteroatoms. The lowest BCUT2D eigenvalue weighted by Crippen LogP contribution is -2.61. The van der Waals surface area contributed by atoms with E-state index < -0.39 is 84.8 Å². The molecule has 1 aliphatic carbocycles. The van der Waals surface area contributed by atoms with Crippen molar-refractivity contribution in [3.8, 4) is 0 Å². The number of carbonyl (C=O) groups excluding carboxylic acids is 1. The van der Waals surface area contributed by atoms with E-state index in [1.807, 2.05) is 0 Å². The summed E-state index contributed by atoms with van der Waals surface area (Å²) < 4.78 is 20.8. The third-order valence-electron chi connectivity index (χ3n) is 5.95. The number of rotatable bonds is 4. The highest BCUT2D eigenvalue weighted by Gasteiger charge is 2.66. The molecule has 0 radical (unpaired) electrons. The van der Waals surface area contributed by atoms with Crippen LogP contribution in [0.2, 0.25) is 0 Å². The van der Waals surface area contributed by atoms with Gasteiger partial charge in [0.2, 0.25) is 6.29 Å².